The number of hydrogen-bond donors (Lipinski definition) is 1. The lowest BCUT2D eigenvalue weighted by Gasteiger charge is -2.39. The molecule has 0 saturated carbocycles. The van der Waals surface area contributed by atoms with E-state index in [-0.39, 0.29) is 11.6 Å². The van der Waals surface area contributed by atoms with E-state index in [0.29, 0.717) is 6.61 Å². The SMILES string of the molecule is CC1(C)CN(Cc2ccc(OCC3CCCO3)cc2)CCN1. The second-order valence-electron chi connectivity index (χ2n) is 7.11. The van der Waals surface area contributed by atoms with Crippen molar-refractivity contribution in [2.24, 2.45) is 0 Å². The predicted octanol–water partition coefficient (Wildman–Crippen LogP) is 2.43. The molecule has 2 fully saturated rings. The highest BCUT2D eigenvalue weighted by atomic mass is 16.5. The molecule has 2 heterocycles. The van der Waals surface area contributed by atoms with Gasteiger partial charge in [-0.2, -0.15) is 0 Å². The highest BCUT2D eigenvalue weighted by Gasteiger charge is 2.25. The van der Waals surface area contributed by atoms with Gasteiger partial charge in [-0.1, -0.05) is 12.1 Å². The summed E-state index contributed by atoms with van der Waals surface area (Å²) >= 11 is 0. The quantitative estimate of drug-likeness (QED) is 0.906. The summed E-state index contributed by atoms with van der Waals surface area (Å²) in [6.07, 6.45) is 2.56. The highest BCUT2D eigenvalue weighted by Crippen LogP contribution is 2.18. The van der Waals surface area contributed by atoms with Crippen molar-refractivity contribution in [2.45, 2.75) is 44.9 Å². The van der Waals surface area contributed by atoms with Gasteiger partial charge < -0.3 is 14.8 Å². The van der Waals surface area contributed by atoms with Gasteiger partial charge in [-0.3, -0.25) is 4.90 Å². The standard InChI is InChI=1S/C18H28N2O2/c1-18(2)14-20(10-9-19-18)12-15-5-7-16(8-6-15)22-13-17-4-3-11-21-17/h5-8,17,19H,3-4,9-14H2,1-2H3. The van der Waals surface area contributed by atoms with Crippen LogP contribution in [0.5, 0.6) is 5.75 Å². The number of nitrogens with zero attached hydrogens (tertiary/aromatic N) is 1. The summed E-state index contributed by atoms with van der Waals surface area (Å²) in [5.41, 5.74) is 1.56. The van der Waals surface area contributed by atoms with Crippen molar-refractivity contribution in [1.29, 1.82) is 0 Å². The molecule has 22 heavy (non-hydrogen) atoms. The maximum absolute atomic E-state index is 5.82. The third-order valence-electron chi connectivity index (χ3n) is 4.44. The molecular formula is C18H28N2O2. The van der Waals surface area contributed by atoms with Gasteiger partial charge in [0.25, 0.3) is 0 Å². The lowest BCUT2D eigenvalue weighted by atomic mass is 10.0. The van der Waals surface area contributed by atoms with Gasteiger partial charge in [0.1, 0.15) is 12.4 Å². The summed E-state index contributed by atoms with van der Waals surface area (Å²) in [6.45, 7) is 10.4. The molecule has 1 atom stereocenters. The molecule has 122 valence electrons. The molecule has 1 aromatic carbocycles. The molecule has 0 aromatic heterocycles. The molecule has 4 heteroatoms. The summed E-state index contributed by atoms with van der Waals surface area (Å²) < 4.78 is 11.4. The van der Waals surface area contributed by atoms with Gasteiger partial charge in [0, 0.05) is 38.3 Å². The highest BCUT2D eigenvalue weighted by molar-refractivity contribution is 5.27. The maximum atomic E-state index is 5.82. The third kappa shape index (κ3) is 4.45. The molecule has 0 aliphatic carbocycles. The monoisotopic (exact) mass is 304 g/mol. The van der Waals surface area contributed by atoms with Crippen LogP contribution in [-0.2, 0) is 11.3 Å². The van der Waals surface area contributed by atoms with Crippen molar-refractivity contribution in [3.63, 3.8) is 0 Å². The number of ether oxygens (including phenoxy) is 2. The Hall–Kier alpha value is -1.10. The first-order valence-corrected chi connectivity index (χ1v) is 8.41. The zero-order valence-electron chi connectivity index (χ0n) is 13.8. The van der Waals surface area contributed by atoms with Crippen molar-refractivity contribution in [3.8, 4) is 5.75 Å². The molecule has 0 amide bonds. The second kappa shape index (κ2) is 6.99. The van der Waals surface area contributed by atoms with Crippen LogP contribution in [-0.4, -0.2) is 49.4 Å². The first-order valence-electron chi connectivity index (χ1n) is 8.41. The fourth-order valence-corrected chi connectivity index (χ4v) is 3.30. The average molecular weight is 304 g/mol. The van der Waals surface area contributed by atoms with E-state index < -0.39 is 0 Å². The molecule has 1 unspecified atom stereocenters. The van der Waals surface area contributed by atoms with Crippen molar-refractivity contribution in [1.82, 2.24) is 10.2 Å². The summed E-state index contributed by atoms with van der Waals surface area (Å²) in [5, 5.41) is 3.55. The van der Waals surface area contributed by atoms with Crippen molar-refractivity contribution >= 4 is 0 Å². The Morgan fingerprint density at radius 3 is 2.82 bits per heavy atom. The van der Waals surface area contributed by atoms with E-state index in [1.165, 1.54) is 5.56 Å². The minimum atomic E-state index is 0.211. The van der Waals surface area contributed by atoms with E-state index in [1.54, 1.807) is 0 Å². The number of nitrogens with one attached hydrogen (secondary N) is 1. The largest absolute Gasteiger partial charge is 0.491 e. The van der Waals surface area contributed by atoms with E-state index in [2.05, 4.69) is 48.3 Å². The van der Waals surface area contributed by atoms with Crippen molar-refractivity contribution in [3.05, 3.63) is 29.8 Å². The molecule has 0 radical (unpaired) electrons. The summed E-state index contributed by atoms with van der Waals surface area (Å²) in [4.78, 5) is 2.51. The molecule has 1 aromatic rings. The Bertz CT molecular complexity index is 466. The molecule has 2 aliphatic heterocycles. The first kappa shape index (κ1) is 15.8. The Kier molecular flexibility index (Phi) is 5.01. The number of benzene rings is 1. The zero-order chi connectivity index (χ0) is 15.4. The molecule has 2 aliphatic rings. The summed E-state index contributed by atoms with van der Waals surface area (Å²) in [5.74, 6) is 0.944. The molecule has 4 nitrogen and oxygen atoms in total. The number of rotatable bonds is 5. The van der Waals surface area contributed by atoms with E-state index in [0.717, 1.165) is 51.4 Å². The molecule has 0 spiro atoms. The minimum absolute atomic E-state index is 0.211. The van der Waals surface area contributed by atoms with Crippen LogP contribution in [0.4, 0.5) is 0 Å². The van der Waals surface area contributed by atoms with Gasteiger partial charge in [0.15, 0.2) is 0 Å². The van der Waals surface area contributed by atoms with Gasteiger partial charge in [-0.25, -0.2) is 0 Å². The minimum Gasteiger partial charge on any atom is -0.491 e. The van der Waals surface area contributed by atoms with Gasteiger partial charge in [0.2, 0.25) is 0 Å². The van der Waals surface area contributed by atoms with Crippen molar-refractivity contribution in [2.75, 3.05) is 32.8 Å². The molecule has 1 N–H and O–H groups in total. The predicted molar refractivity (Wildman–Crippen MR) is 88.3 cm³/mol. The van der Waals surface area contributed by atoms with Crippen molar-refractivity contribution < 1.29 is 9.47 Å². The van der Waals surface area contributed by atoms with Crippen LogP contribution in [0.1, 0.15) is 32.3 Å². The first-order chi connectivity index (χ1) is 10.6. The van der Waals surface area contributed by atoms with E-state index in [9.17, 15) is 0 Å². The zero-order valence-corrected chi connectivity index (χ0v) is 13.8. The van der Waals surface area contributed by atoms with Gasteiger partial charge in [-0.15, -0.1) is 0 Å². The van der Waals surface area contributed by atoms with Crippen LogP contribution in [0.15, 0.2) is 24.3 Å². The molecular weight excluding hydrogens is 276 g/mol. The molecule has 3 rings (SSSR count). The van der Waals surface area contributed by atoms with Crippen LogP contribution in [0.2, 0.25) is 0 Å². The van der Waals surface area contributed by atoms with Gasteiger partial charge in [0.05, 0.1) is 6.10 Å². The van der Waals surface area contributed by atoms with Gasteiger partial charge >= 0.3 is 0 Å². The Morgan fingerprint density at radius 1 is 1.32 bits per heavy atom. The lowest BCUT2D eigenvalue weighted by Crippen LogP contribution is -2.56. The third-order valence-corrected chi connectivity index (χ3v) is 4.44. The fraction of sp³-hybridized carbons (Fsp3) is 0.667. The Morgan fingerprint density at radius 2 is 2.14 bits per heavy atom. The lowest BCUT2D eigenvalue weighted by molar-refractivity contribution is 0.0679. The fourth-order valence-electron chi connectivity index (χ4n) is 3.30. The van der Waals surface area contributed by atoms with Crippen LogP contribution in [0.3, 0.4) is 0 Å². The van der Waals surface area contributed by atoms with Gasteiger partial charge in [-0.05, 0) is 44.4 Å². The van der Waals surface area contributed by atoms with E-state index in [1.807, 2.05) is 0 Å². The molecule has 2 saturated heterocycles. The topological polar surface area (TPSA) is 33.7 Å². The van der Waals surface area contributed by atoms with E-state index in [4.69, 9.17) is 9.47 Å². The Labute approximate surface area is 133 Å². The summed E-state index contributed by atoms with van der Waals surface area (Å²) in [6, 6.07) is 8.52. The summed E-state index contributed by atoms with van der Waals surface area (Å²) in [7, 11) is 0. The van der Waals surface area contributed by atoms with Crippen LogP contribution in [0.25, 0.3) is 0 Å². The molecule has 0 bridgehead atoms. The van der Waals surface area contributed by atoms with Crippen LogP contribution in [0, 0.1) is 0 Å². The number of hydrogen-bond acceptors (Lipinski definition) is 4. The Balaban J connectivity index is 1.48. The second-order valence-corrected chi connectivity index (χ2v) is 7.11. The number of piperazine rings is 1. The van der Waals surface area contributed by atoms with Crippen LogP contribution >= 0.6 is 0 Å². The van der Waals surface area contributed by atoms with E-state index >= 15 is 0 Å². The maximum Gasteiger partial charge on any atom is 0.119 e. The average Bonchev–Trinajstić information content (AvgIpc) is 2.99. The van der Waals surface area contributed by atoms with Crippen LogP contribution < -0.4 is 10.1 Å². The normalized spacial score (nSPS) is 25.3. The smallest absolute Gasteiger partial charge is 0.119 e.